The number of carbonyl (C=O) groups is 1. The van der Waals surface area contributed by atoms with E-state index in [-0.39, 0.29) is 5.91 Å². The van der Waals surface area contributed by atoms with Gasteiger partial charge in [0.05, 0.1) is 13.2 Å². The van der Waals surface area contributed by atoms with Crippen LogP contribution in [0.4, 0.5) is 0 Å². The maximum Gasteiger partial charge on any atom is 0.251 e. The molecule has 0 saturated heterocycles. The normalized spacial score (nSPS) is 10.6. The molecule has 4 heteroatoms. The summed E-state index contributed by atoms with van der Waals surface area (Å²) in [5.41, 5.74) is 1.61. The van der Waals surface area contributed by atoms with Crippen molar-refractivity contribution >= 4 is 5.91 Å². The Kier molecular flexibility index (Phi) is 4.82. The largest absolute Gasteiger partial charge is 0.493 e. The molecule has 0 unspecified atom stereocenters. The number of benzene rings is 1. The van der Waals surface area contributed by atoms with E-state index < -0.39 is 0 Å². The van der Waals surface area contributed by atoms with Gasteiger partial charge in [0.2, 0.25) is 0 Å². The average Bonchev–Trinajstić information content (AvgIpc) is 2.96. The molecule has 1 aromatic heterocycles. The Morgan fingerprint density at radius 1 is 1.25 bits per heavy atom. The van der Waals surface area contributed by atoms with Gasteiger partial charge in [-0.05, 0) is 42.3 Å². The monoisotopic (exact) mass is 272 g/mol. The smallest absolute Gasteiger partial charge is 0.251 e. The Morgan fingerprint density at radius 2 is 2.00 bits per heavy atom. The molecule has 0 atom stereocenters. The minimum atomic E-state index is -0.0880. The zero-order chi connectivity index (χ0) is 14.4. The average molecular weight is 272 g/mol. The van der Waals surface area contributed by atoms with Gasteiger partial charge < -0.3 is 15.0 Å². The molecule has 0 fully saturated rings. The molecule has 0 radical (unpaired) electrons. The van der Waals surface area contributed by atoms with Crippen molar-refractivity contribution in [1.29, 1.82) is 0 Å². The van der Waals surface area contributed by atoms with Gasteiger partial charge in [0.1, 0.15) is 5.75 Å². The van der Waals surface area contributed by atoms with Crippen molar-refractivity contribution in [3.63, 3.8) is 0 Å². The van der Waals surface area contributed by atoms with E-state index in [0.29, 0.717) is 24.6 Å². The van der Waals surface area contributed by atoms with Gasteiger partial charge in [-0.15, -0.1) is 0 Å². The number of ether oxygens (including phenoxy) is 1. The first kappa shape index (κ1) is 14.2. The van der Waals surface area contributed by atoms with Crippen LogP contribution in [0.15, 0.2) is 42.6 Å². The maximum absolute atomic E-state index is 12.0. The second kappa shape index (κ2) is 6.80. The summed E-state index contributed by atoms with van der Waals surface area (Å²) >= 11 is 0. The fourth-order valence-corrected chi connectivity index (χ4v) is 1.72. The summed E-state index contributed by atoms with van der Waals surface area (Å²) < 4.78 is 5.58. The van der Waals surface area contributed by atoms with Gasteiger partial charge >= 0.3 is 0 Å². The summed E-state index contributed by atoms with van der Waals surface area (Å²) in [5, 5.41) is 2.86. The van der Waals surface area contributed by atoms with Crippen molar-refractivity contribution in [2.24, 2.45) is 5.92 Å². The molecule has 1 heterocycles. The lowest BCUT2D eigenvalue weighted by molar-refractivity contribution is 0.0950. The summed E-state index contributed by atoms with van der Waals surface area (Å²) in [5.74, 6) is 1.19. The van der Waals surface area contributed by atoms with Crippen LogP contribution >= 0.6 is 0 Å². The lowest BCUT2D eigenvalue weighted by Gasteiger charge is -2.09. The van der Waals surface area contributed by atoms with Crippen molar-refractivity contribution < 1.29 is 9.53 Å². The van der Waals surface area contributed by atoms with E-state index >= 15 is 0 Å². The van der Waals surface area contributed by atoms with Gasteiger partial charge in [-0.25, -0.2) is 0 Å². The fourth-order valence-electron chi connectivity index (χ4n) is 1.72. The molecule has 0 aliphatic rings. The predicted octanol–water partition coefficient (Wildman–Crippen LogP) is 2.98. The molecule has 4 nitrogen and oxygen atoms in total. The number of carbonyl (C=O) groups excluding carboxylic acids is 1. The molecule has 0 spiro atoms. The second-order valence-electron chi connectivity index (χ2n) is 5.11. The zero-order valence-corrected chi connectivity index (χ0v) is 11.8. The van der Waals surface area contributed by atoms with Crippen molar-refractivity contribution in [3.05, 3.63) is 53.9 Å². The molecule has 2 aromatic rings. The summed E-state index contributed by atoms with van der Waals surface area (Å²) in [6.07, 6.45) is 1.84. The van der Waals surface area contributed by atoms with Gasteiger partial charge in [-0.1, -0.05) is 13.8 Å². The van der Waals surface area contributed by atoms with Crippen LogP contribution in [0.2, 0.25) is 0 Å². The van der Waals surface area contributed by atoms with Crippen molar-refractivity contribution in [1.82, 2.24) is 10.3 Å². The van der Waals surface area contributed by atoms with Gasteiger partial charge in [-0.3, -0.25) is 4.79 Å². The molecule has 106 valence electrons. The van der Waals surface area contributed by atoms with E-state index in [1.54, 1.807) is 12.1 Å². The molecule has 2 rings (SSSR count). The third-order valence-corrected chi connectivity index (χ3v) is 2.80. The Labute approximate surface area is 119 Å². The van der Waals surface area contributed by atoms with E-state index in [1.165, 1.54) is 0 Å². The number of amides is 1. The topological polar surface area (TPSA) is 54.1 Å². The molecule has 1 aromatic carbocycles. The van der Waals surface area contributed by atoms with Gasteiger partial charge in [-0.2, -0.15) is 0 Å². The summed E-state index contributed by atoms with van der Waals surface area (Å²) in [6, 6.07) is 11.0. The Morgan fingerprint density at radius 3 is 2.60 bits per heavy atom. The highest BCUT2D eigenvalue weighted by molar-refractivity contribution is 5.94. The highest BCUT2D eigenvalue weighted by Crippen LogP contribution is 2.13. The summed E-state index contributed by atoms with van der Waals surface area (Å²) in [6.45, 7) is 5.38. The van der Waals surface area contributed by atoms with Crippen LogP contribution < -0.4 is 10.1 Å². The number of hydrogen-bond acceptors (Lipinski definition) is 2. The second-order valence-corrected chi connectivity index (χ2v) is 5.11. The molecule has 0 aliphatic carbocycles. The third kappa shape index (κ3) is 4.16. The molecule has 0 saturated carbocycles. The highest BCUT2D eigenvalue weighted by Gasteiger charge is 2.06. The number of aromatic amines is 1. The molecule has 20 heavy (non-hydrogen) atoms. The van der Waals surface area contributed by atoms with E-state index in [4.69, 9.17) is 4.74 Å². The third-order valence-electron chi connectivity index (χ3n) is 2.80. The maximum atomic E-state index is 12.0. The van der Waals surface area contributed by atoms with Crippen LogP contribution in [-0.2, 0) is 6.54 Å². The quantitative estimate of drug-likeness (QED) is 0.849. The first-order valence-electron chi connectivity index (χ1n) is 6.78. The number of nitrogens with one attached hydrogen (secondary N) is 2. The van der Waals surface area contributed by atoms with Crippen LogP contribution in [0.25, 0.3) is 0 Å². The lowest BCUT2D eigenvalue weighted by atomic mass is 10.2. The first-order valence-corrected chi connectivity index (χ1v) is 6.78. The molecule has 2 N–H and O–H groups in total. The van der Waals surface area contributed by atoms with Crippen LogP contribution in [0.5, 0.6) is 5.75 Å². The van der Waals surface area contributed by atoms with Gasteiger partial charge in [0, 0.05) is 17.5 Å². The Hall–Kier alpha value is -2.23. The number of aromatic nitrogens is 1. The van der Waals surface area contributed by atoms with Crippen LogP contribution in [0, 0.1) is 5.92 Å². The predicted molar refractivity (Wildman–Crippen MR) is 78.7 cm³/mol. The molecular weight excluding hydrogens is 252 g/mol. The van der Waals surface area contributed by atoms with Gasteiger partial charge in [0.25, 0.3) is 5.91 Å². The number of rotatable bonds is 6. The zero-order valence-electron chi connectivity index (χ0n) is 11.8. The first-order chi connectivity index (χ1) is 9.65. The van der Waals surface area contributed by atoms with Crippen LogP contribution in [-0.4, -0.2) is 17.5 Å². The molecule has 1 amide bonds. The summed E-state index contributed by atoms with van der Waals surface area (Å²) in [4.78, 5) is 15.0. The van der Waals surface area contributed by atoms with Crippen LogP contribution in [0.1, 0.15) is 29.9 Å². The van der Waals surface area contributed by atoms with E-state index in [0.717, 1.165) is 11.4 Å². The molecule has 0 aliphatic heterocycles. The van der Waals surface area contributed by atoms with Crippen molar-refractivity contribution in [2.75, 3.05) is 6.61 Å². The van der Waals surface area contributed by atoms with E-state index in [9.17, 15) is 4.79 Å². The van der Waals surface area contributed by atoms with E-state index in [2.05, 4.69) is 24.1 Å². The number of hydrogen-bond donors (Lipinski definition) is 2. The van der Waals surface area contributed by atoms with Crippen molar-refractivity contribution in [2.45, 2.75) is 20.4 Å². The minimum absolute atomic E-state index is 0.0880. The highest BCUT2D eigenvalue weighted by atomic mass is 16.5. The summed E-state index contributed by atoms with van der Waals surface area (Å²) in [7, 11) is 0. The SMILES string of the molecule is CC(C)COc1ccc(C(=O)NCc2ccc[nH]2)cc1. The number of H-pyrrole nitrogens is 1. The Bertz CT molecular complexity index is 530. The Balaban J connectivity index is 1.87. The molecule has 0 bridgehead atoms. The van der Waals surface area contributed by atoms with Crippen molar-refractivity contribution in [3.8, 4) is 5.75 Å². The lowest BCUT2D eigenvalue weighted by Crippen LogP contribution is -2.22. The standard InChI is InChI=1S/C16H20N2O2/c1-12(2)11-20-15-7-5-13(6-8-15)16(19)18-10-14-4-3-9-17-14/h3-9,12,17H,10-11H2,1-2H3,(H,18,19). The van der Waals surface area contributed by atoms with Crippen LogP contribution in [0.3, 0.4) is 0 Å². The van der Waals surface area contributed by atoms with E-state index in [1.807, 2.05) is 30.5 Å². The minimum Gasteiger partial charge on any atom is -0.493 e. The fraction of sp³-hybridized carbons (Fsp3) is 0.312. The molecular formula is C16H20N2O2. The van der Waals surface area contributed by atoms with Gasteiger partial charge in [0.15, 0.2) is 0 Å².